The van der Waals surface area contributed by atoms with E-state index in [4.69, 9.17) is 4.74 Å². The first-order chi connectivity index (χ1) is 11.8. The number of ether oxygens (including phenoxy) is 1. The normalized spacial score (nSPS) is 24.0. The van der Waals surface area contributed by atoms with Gasteiger partial charge in [-0.05, 0) is 36.0 Å². The SMILES string of the molecule is O=C1OC2=C(Cc3ccccc32)C(c2ccccc2)C12CCCC2. The second kappa shape index (κ2) is 5.07. The van der Waals surface area contributed by atoms with Crippen LogP contribution in [0.1, 0.15) is 48.3 Å². The summed E-state index contributed by atoms with van der Waals surface area (Å²) in [7, 11) is 0. The molecule has 2 aromatic rings. The molecule has 1 fully saturated rings. The zero-order chi connectivity index (χ0) is 16.1. The maximum atomic E-state index is 13.1. The molecule has 0 radical (unpaired) electrons. The molecule has 3 aliphatic rings. The quantitative estimate of drug-likeness (QED) is 0.703. The van der Waals surface area contributed by atoms with Gasteiger partial charge in [-0.3, -0.25) is 4.79 Å². The lowest BCUT2D eigenvalue weighted by Gasteiger charge is -2.40. The standard InChI is InChI=1S/C22H20O2/c23-21-22(12-6-7-13-22)19(15-8-2-1-3-9-15)18-14-16-10-4-5-11-17(16)20(18)24-21/h1-5,8-11,19H,6-7,12-14H2. The molecule has 5 rings (SSSR count). The van der Waals surface area contributed by atoms with Crippen molar-refractivity contribution in [1.29, 1.82) is 0 Å². The maximum Gasteiger partial charge on any atom is 0.318 e. The molecule has 1 spiro atoms. The van der Waals surface area contributed by atoms with Gasteiger partial charge in [-0.2, -0.15) is 0 Å². The van der Waals surface area contributed by atoms with Crippen LogP contribution in [0.4, 0.5) is 0 Å². The average molecular weight is 316 g/mol. The van der Waals surface area contributed by atoms with Crippen LogP contribution in [0.5, 0.6) is 0 Å². The summed E-state index contributed by atoms with van der Waals surface area (Å²) in [5.41, 5.74) is 4.60. The van der Waals surface area contributed by atoms with E-state index in [1.165, 1.54) is 16.7 Å². The predicted octanol–water partition coefficient (Wildman–Crippen LogP) is 4.85. The maximum absolute atomic E-state index is 13.1. The molecule has 0 amide bonds. The van der Waals surface area contributed by atoms with Crippen LogP contribution in [-0.2, 0) is 16.0 Å². The van der Waals surface area contributed by atoms with E-state index in [1.807, 2.05) is 12.1 Å². The summed E-state index contributed by atoms with van der Waals surface area (Å²) in [5.74, 6) is 0.983. The van der Waals surface area contributed by atoms with E-state index in [-0.39, 0.29) is 17.3 Å². The largest absolute Gasteiger partial charge is 0.425 e. The average Bonchev–Trinajstić information content (AvgIpc) is 3.23. The van der Waals surface area contributed by atoms with Crippen LogP contribution in [0.3, 0.4) is 0 Å². The summed E-state index contributed by atoms with van der Waals surface area (Å²) in [4.78, 5) is 13.1. The van der Waals surface area contributed by atoms with E-state index in [1.54, 1.807) is 0 Å². The van der Waals surface area contributed by atoms with Gasteiger partial charge in [0.05, 0.1) is 5.41 Å². The highest BCUT2D eigenvalue weighted by Crippen LogP contribution is 2.59. The zero-order valence-corrected chi connectivity index (χ0v) is 13.6. The number of hydrogen-bond acceptors (Lipinski definition) is 2. The highest BCUT2D eigenvalue weighted by molar-refractivity contribution is 5.91. The van der Waals surface area contributed by atoms with Gasteiger partial charge in [0.1, 0.15) is 5.76 Å². The van der Waals surface area contributed by atoms with Gasteiger partial charge in [0.15, 0.2) is 0 Å². The molecule has 0 aromatic heterocycles. The summed E-state index contributed by atoms with van der Waals surface area (Å²) in [6.07, 6.45) is 5.03. The summed E-state index contributed by atoms with van der Waals surface area (Å²) in [6, 6.07) is 18.9. The first kappa shape index (κ1) is 14.0. The third-order valence-electron chi connectivity index (χ3n) is 6.07. The van der Waals surface area contributed by atoms with Crippen molar-refractivity contribution >= 4 is 11.7 Å². The number of carbonyl (C=O) groups is 1. The van der Waals surface area contributed by atoms with Crippen molar-refractivity contribution in [2.45, 2.75) is 38.0 Å². The highest BCUT2D eigenvalue weighted by atomic mass is 16.5. The zero-order valence-electron chi connectivity index (χ0n) is 13.6. The molecule has 0 saturated heterocycles. The van der Waals surface area contributed by atoms with E-state index in [2.05, 4.69) is 42.5 Å². The molecule has 120 valence electrons. The Morgan fingerprint density at radius 3 is 2.42 bits per heavy atom. The second-order valence-electron chi connectivity index (χ2n) is 7.28. The first-order valence-corrected chi connectivity index (χ1v) is 8.88. The molecule has 2 nitrogen and oxygen atoms in total. The molecule has 1 heterocycles. The van der Waals surface area contributed by atoms with Crippen LogP contribution in [0.2, 0.25) is 0 Å². The van der Waals surface area contributed by atoms with Gasteiger partial charge in [-0.25, -0.2) is 0 Å². The van der Waals surface area contributed by atoms with Crippen LogP contribution in [-0.4, -0.2) is 5.97 Å². The van der Waals surface area contributed by atoms with Crippen molar-refractivity contribution in [1.82, 2.24) is 0 Å². The van der Waals surface area contributed by atoms with Gasteiger partial charge in [0.25, 0.3) is 0 Å². The molecular formula is C22H20O2. The summed E-state index contributed by atoms with van der Waals surface area (Å²) in [5, 5.41) is 0. The van der Waals surface area contributed by atoms with Crippen molar-refractivity contribution in [3.05, 3.63) is 76.9 Å². The number of hydrogen-bond donors (Lipinski definition) is 0. The molecule has 1 unspecified atom stereocenters. The van der Waals surface area contributed by atoms with Crippen molar-refractivity contribution < 1.29 is 9.53 Å². The monoisotopic (exact) mass is 316 g/mol. The Kier molecular flexibility index (Phi) is 2.97. The fraction of sp³-hybridized carbons (Fsp3) is 0.318. The van der Waals surface area contributed by atoms with Gasteiger partial charge in [-0.15, -0.1) is 0 Å². The third-order valence-corrected chi connectivity index (χ3v) is 6.07. The Morgan fingerprint density at radius 1 is 0.917 bits per heavy atom. The fourth-order valence-electron chi connectivity index (χ4n) is 5.02. The molecule has 1 aliphatic heterocycles. The number of benzene rings is 2. The number of allylic oxidation sites excluding steroid dienone is 1. The number of rotatable bonds is 1. The Labute approximate surface area is 142 Å². The topological polar surface area (TPSA) is 26.3 Å². The Balaban J connectivity index is 1.73. The smallest absolute Gasteiger partial charge is 0.318 e. The van der Waals surface area contributed by atoms with E-state index in [9.17, 15) is 4.79 Å². The van der Waals surface area contributed by atoms with E-state index in [0.717, 1.165) is 43.4 Å². The Morgan fingerprint density at radius 2 is 1.62 bits per heavy atom. The van der Waals surface area contributed by atoms with E-state index >= 15 is 0 Å². The minimum Gasteiger partial charge on any atom is -0.425 e. The minimum absolute atomic E-state index is 0.00990. The number of esters is 1. The van der Waals surface area contributed by atoms with Crippen molar-refractivity contribution in [3.63, 3.8) is 0 Å². The highest BCUT2D eigenvalue weighted by Gasteiger charge is 2.55. The molecular weight excluding hydrogens is 296 g/mol. The Hall–Kier alpha value is -2.35. The van der Waals surface area contributed by atoms with Crippen LogP contribution in [0, 0.1) is 5.41 Å². The Bertz CT molecular complexity index is 841. The van der Waals surface area contributed by atoms with Crippen LogP contribution in [0.25, 0.3) is 5.76 Å². The van der Waals surface area contributed by atoms with Gasteiger partial charge in [0.2, 0.25) is 0 Å². The van der Waals surface area contributed by atoms with Gasteiger partial charge in [0, 0.05) is 11.5 Å². The predicted molar refractivity (Wildman–Crippen MR) is 93.2 cm³/mol. The fourth-order valence-corrected chi connectivity index (χ4v) is 5.02. The van der Waals surface area contributed by atoms with Gasteiger partial charge >= 0.3 is 5.97 Å². The lowest BCUT2D eigenvalue weighted by Crippen LogP contribution is -2.40. The molecule has 24 heavy (non-hydrogen) atoms. The molecule has 1 saturated carbocycles. The van der Waals surface area contributed by atoms with Crippen molar-refractivity contribution in [3.8, 4) is 0 Å². The number of fused-ring (bicyclic) bond motifs is 2. The lowest BCUT2D eigenvalue weighted by atomic mass is 9.65. The molecule has 0 bridgehead atoms. The molecule has 2 aromatic carbocycles. The number of carbonyl (C=O) groups excluding carboxylic acids is 1. The van der Waals surface area contributed by atoms with E-state index in [0.29, 0.717) is 0 Å². The van der Waals surface area contributed by atoms with Crippen LogP contribution in [0.15, 0.2) is 60.2 Å². The van der Waals surface area contributed by atoms with Gasteiger partial charge in [-0.1, -0.05) is 67.4 Å². The van der Waals surface area contributed by atoms with E-state index < -0.39 is 0 Å². The minimum atomic E-state index is -0.359. The first-order valence-electron chi connectivity index (χ1n) is 8.88. The summed E-state index contributed by atoms with van der Waals surface area (Å²) < 4.78 is 5.97. The van der Waals surface area contributed by atoms with Crippen LogP contribution < -0.4 is 0 Å². The molecule has 0 N–H and O–H groups in total. The second-order valence-corrected chi connectivity index (χ2v) is 7.28. The van der Waals surface area contributed by atoms with Crippen molar-refractivity contribution in [2.75, 3.05) is 0 Å². The third kappa shape index (κ3) is 1.80. The summed E-state index contributed by atoms with van der Waals surface area (Å²) in [6.45, 7) is 0. The molecule has 2 aliphatic carbocycles. The lowest BCUT2D eigenvalue weighted by molar-refractivity contribution is -0.150. The summed E-state index contributed by atoms with van der Waals surface area (Å²) >= 11 is 0. The van der Waals surface area contributed by atoms with Crippen molar-refractivity contribution in [2.24, 2.45) is 5.41 Å². The van der Waals surface area contributed by atoms with Gasteiger partial charge < -0.3 is 4.74 Å². The molecule has 2 heteroatoms. The van der Waals surface area contributed by atoms with Crippen LogP contribution >= 0.6 is 0 Å². The molecule has 1 atom stereocenters.